The van der Waals surface area contributed by atoms with Crippen LogP contribution in [-0.4, -0.2) is 22.0 Å². The summed E-state index contributed by atoms with van der Waals surface area (Å²) < 4.78 is 15.5. The smallest absolute Gasteiger partial charge is 0.322 e. The van der Waals surface area contributed by atoms with E-state index in [2.05, 4.69) is 42.8 Å². The highest BCUT2D eigenvalue weighted by Gasteiger charge is 2.33. The number of benzene rings is 1. The second kappa shape index (κ2) is 6.48. The van der Waals surface area contributed by atoms with Gasteiger partial charge in [-0.3, -0.25) is 0 Å². The molecule has 2 amide bonds. The van der Waals surface area contributed by atoms with Crippen LogP contribution in [0.5, 0.6) is 0 Å². The fourth-order valence-electron chi connectivity index (χ4n) is 3.36. The topological polar surface area (TPSA) is 37.3 Å². The van der Waals surface area contributed by atoms with Gasteiger partial charge >= 0.3 is 6.03 Å². The molecule has 0 bridgehead atoms. The van der Waals surface area contributed by atoms with E-state index in [1.807, 2.05) is 4.90 Å². The molecule has 4 nitrogen and oxygen atoms in total. The summed E-state index contributed by atoms with van der Waals surface area (Å²) in [6.45, 7) is 7.70. The molecule has 1 aromatic carbocycles. The number of anilines is 1. The number of amides is 2. The molecule has 0 saturated heterocycles. The monoisotopic (exact) mass is 349 g/mol. The second-order valence-corrected chi connectivity index (χ2v) is 6.90. The Balaban J connectivity index is 1.84. The summed E-state index contributed by atoms with van der Waals surface area (Å²) in [5.74, 6) is -0.220. The first kappa shape index (κ1) is 16.8. The normalized spacial score (nSPS) is 17.1. The van der Waals surface area contributed by atoms with Crippen molar-refractivity contribution in [2.45, 2.75) is 33.4 Å². The number of rotatable bonds is 2. The number of fused-ring (bicyclic) bond motifs is 1. The summed E-state index contributed by atoms with van der Waals surface area (Å²) in [7, 11) is 0. The predicted octanol–water partition coefficient (Wildman–Crippen LogP) is 4.83. The highest BCUT2D eigenvalue weighted by molar-refractivity contribution is 6.31. The standard InChI is InChI=1S/C18H21ClFN3O/c1-11(2)17-16-7-4-12(3)22(16)8-9-23(17)18(24)21-13-5-6-15(20)14(19)10-13/h4-7,10-11,17H,8-9H2,1-3H3,(H,21,24). The Labute approximate surface area is 146 Å². The highest BCUT2D eigenvalue weighted by atomic mass is 35.5. The molecular formula is C18H21ClFN3O. The predicted molar refractivity (Wildman–Crippen MR) is 93.9 cm³/mol. The van der Waals surface area contributed by atoms with Crippen molar-refractivity contribution in [2.75, 3.05) is 11.9 Å². The molecule has 1 aliphatic rings. The SMILES string of the molecule is Cc1ccc2n1CCN(C(=O)Nc1ccc(F)c(Cl)c1)C2C(C)C. The molecule has 0 aliphatic carbocycles. The van der Waals surface area contributed by atoms with Crippen molar-refractivity contribution in [1.29, 1.82) is 0 Å². The summed E-state index contributed by atoms with van der Waals surface area (Å²) in [5.41, 5.74) is 2.85. The number of nitrogens with one attached hydrogen (secondary N) is 1. The van der Waals surface area contributed by atoms with Gasteiger partial charge < -0.3 is 14.8 Å². The van der Waals surface area contributed by atoms with Crippen LogP contribution in [0.1, 0.15) is 31.3 Å². The zero-order chi connectivity index (χ0) is 17.4. The molecular weight excluding hydrogens is 329 g/mol. The number of halogens is 2. The number of aryl methyl sites for hydroxylation is 1. The summed E-state index contributed by atoms with van der Waals surface area (Å²) in [4.78, 5) is 14.6. The first-order valence-electron chi connectivity index (χ1n) is 8.07. The van der Waals surface area contributed by atoms with Gasteiger partial charge in [-0.1, -0.05) is 25.4 Å². The van der Waals surface area contributed by atoms with E-state index in [0.29, 0.717) is 12.2 Å². The van der Waals surface area contributed by atoms with Crippen molar-refractivity contribution < 1.29 is 9.18 Å². The summed E-state index contributed by atoms with van der Waals surface area (Å²) in [6, 6.07) is 8.18. The van der Waals surface area contributed by atoms with E-state index in [0.717, 1.165) is 12.2 Å². The Morgan fingerprint density at radius 1 is 1.29 bits per heavy atom. The van der Waals surface area contributed by atoms with Gasteiger partial charge in [-0.15, -0.1) is 0 Å². The molecule has 0 saturated carbocycles. The fourth-order valence-corrected chi connectivity index (χ4v) is 3.54. The van der Waals surface area contributed by atoms with Crippen molar-refractivity contribution in [3.8, 4) is 0 Å². The van der Waals surface area contributed by atoms with E-state index >= 15 is 0 Å². The van der Waals surface area contributed by atoms with Crippen molar-refractivity contribution in [1.82, 2.24) is 9.47 Å². The van der Waals surface area contributed by atoms with Crippen LogP contribution in [0.15, 0.2) is 30.3 Å². The third kappa shape index (κ3) is 3.00. The maximum atomic E-state index is 13.3. The van der Waals surface area contributed by atoms with Gasteiger partial charge in [0.05, 0.1) is 11.1 Å². The largest absolute Gasteiger partial charge is 0.345 e. The fraction of sp³-hybridized carbons (Fsp3) is 0.389. The molecule has 1 atom stereocenters. The van der Waals surface area contributed by atoms with Crippen LogP contribution in [-0.2, 0) is 6.54 Å². The minimum absolute atomic E-state index is 0.00312. The van der Waals surface area contributed by atoms with Gasteiger partial charge in [-0.25, -0.2) is 9.18 Å². The first-order valence-corrected chi connectivity index (χ1v) is 8.45. The van der Waals surface area contributed by atoms with E-state index in [9.17, 15) is 9.18 Å². The van der Waals surface area contributed by atoms with Crippen molar-refractivity contribution in [3.05, 3.63) is 52.6 Å². The minimum Gasteiger partial charge on any atom is -0.345 e. The average Bonchev–Trinajstić information content (AvgIpc) is 2.91. The number of nitrogens with zero attached hydrogens (tertiary/aromatic N) is 2. The van der Waals surface area contributed by atoms with Crippen molar-refractivity contribution in [3.63, 3.8) is 0 Å². The minimum atomic E-state index is -0.499. The molecule has 128 valence electrons. The Morgan fingerprint density at radius 2 is 2.04 bits per heavy atom. The van der Waals surface area contributed by atoms with E-state index in [1.54, 1.807) is 0 Å². The van der Waals surface area contributed by atoms with Gasteiger partial charge in [0.15, 0.2) is 0 Å². The third-order valence-corrected chi connectivity index (χ3v) is 4.79. The van der Waals surface area contributed by atoms with Gasteiger partial charge in [0.2, 0.25) is 0 Å². The first-order chi connectivity index (χ1) is 11.4. The maximum absolute atomic E-state index is 13.3. The number of aromatic nitrogens is 1. The van der Waals surface area contributed by atoms with Crippen LogP contribution in [0.3, 0.4) is 0 Å². The van der Waals surface area contributed by atoms with Gasteiger partial charge in [0.25, 0.3) is 0 Å². The van der Waals surface area contributed by atoms with Crippen molar-refractivity contribution in [2.24, 2.45) is 5.92 Å². The van der Waals surface area contributed by atoms with Crippen LogP contribution >= 0.6 is 11.6 Å². The van der Waals surface area contributed by atoms with Crippen LogP contribution < -0.4 is 5.32 Å². The molecule has 6 heteroatoms. The quantitative estimate of drug-likeness (QED) is 0.828. The van der Waals surface area contributed by atoms with Crippen LogP contribution in [0.4, 0.5) is 14.9 Å². The maximum Gasteiger partial charge on any atom is 0.322 e. The number of hydrogen-bond donors (Lipinski definition) is 1. The Hall–Kier alpha value is -2.01. The molecule has 1 N–H and O–H groups in total. The number of carbonyl (C=O) groups is 1. The Bertz CT molecular complexity index is 772. The number of hydrogen-bond acceptors (Lipinski definition) is 1. The van der Waals surface area contributed by atoms with Crippen LogP contribution in [0, 0.1) is 18.7 Å². The lowest BCUT2D eigenvalue weighted by Gasteiger charge is -2.39. The summed E-state index contributed by atoms with van der Waals surface area (Å²) in [6.07, 6.45) is 0. The number of carbonyl (C=O) groups excluding carboxylic acids is 1. The molecule has 1 aromatic heterocycles. The van der Waals surface area contributed by atoms with Gasteiger partial charge in [0.1, 0.15) is 5.82 Å². The van der Waals surface area contributed by atoms with Gasteiger partial charge in [0, 0.05) is 30.2 Å². The summed E-state index contributed by atoms with van der Waals surface area (Å²) >= 11 is 5.79. The lowest BCUT2D eigenvalue weighted by molar-refractivity contribution is 0.143. The molecule has 0 radical (unpaired) electrons. The zero-order valence-corrected chi connectivity index (χ0v) is 14.8. The lowest BCUT2D eigenvalue weighted by atomic mass is 9.97. The van der Waals surface area contributed by atoms with Gasteiger partial charge in [-0.2, -0.15) is 0 Å². The van der Waals surface area contributed by atoms with Crippen LogP contribution in [0.25, 0.3) is 0 Å². The Kier molecular flexibility index (Phi) is 4.54. The molecule has 0 fully saturated rings. The zero-order valence-electron chi connectivity index (χ0n) is 14.0. The molecule has 2 aromatic rings. The number of urea groups is 1. The molecule has 1 aliphatic heterocycles. The Morgan fingerprint density at radius 3 is 2.71 bits per heavy atom. The molecule has 3 rings (SSSR count). The van der Waals surface area contributed by atoms with E-state index in [1.165, 1.54) is 23.9 Å². The molecule has 2 heterocycles. The average molecular weight is 350 g/mol. The van der Waals surface area contributed by atoms with Crippen LogP contribution in [0.2, 0.25) is 5.02 Å². The highest BCUT2D eigenvalue weighted by Crippen LogP contribution is 2.34. The van der Waals surface area contributed by atoms with E-state index in [4.69, 9.17) is 11.6 Å². The van der Waals surface area contributed by atoms with Gasteiger partial charge in [-0.05, 0) is 43.2 Å². The molecule has 24 heavy (non-hydrogen) atoms. The van der Waals surface area contributed by atoms with Crippen molar-refractivity contribution >= 4 is 23.3 Å². The van der Waals surface area contributed by atoms with E-state index < -0.39 is 5.82 Å². The van der Waals surface area contributed by atoms with E-state index in [-0.39, 0.29) is 23.0 Å². The lowest BCUT2D eigenvalue weighted by Crippen LogP contribution is -2.46. The second-order valence-electron chi connectivity index (χ2n) is 6.49. The molecule has 0 spiro atoms. The molecule has 1 unspecified atom stereocenters. The third-order valence-electron chi connectivity index (χ3n) is 4.50. The summed E-state index contributed by atoms with van der Waals surface area (Å²) in [5, 5.41) is 2.83.